The molecule has 196 valence electrons. The summed E-state index contributed by atoms with van der Waals surface area (Å²) < 4.78 is 31.6. The van der Waals surface area contributed by atoms with E-state index in [9.17, 15) is 4.57 Å². The summed E-state index contributed by atoms with van der Waals surface area (Å²) in [6.45, 7) is 2.88. The summed E-state index contributed by atoms with van der Waals surface area (Å²) in [5.41, 5.74) is 6.03. The molecule has 0 aliphatic carbocycles. The lowest BCUT2D eigenvalue weighted by atomic mass is 9.88. The van der Waals surface area contributed by atoms with Gasteiger partial charge < -0.3 is 9.26 Å². The second kappa shape index (κ2) is 13.3. The summed E-state index contributed by atoms with van der Waals surface area (Å²) in [6.07, 6.45) is 0.906. The van der Waals surface area contributed by atoms with Crippen LogP contribution in [0, 0.1) is 0 Å². The highest BCUT2D eigenvalue weighted by Gasteiger charge is 2.31. The van der Waals surface area contributed by atoms with E-state index in [0.29, 0.717) is 18.9 Å². The van der Waals surface area contributed by atoms with Gasteiger partial charge in [0.1, 0.15) is 18.1 Å². The highest BCUT2D eigenvalue weighted by molar-refractivity contribution is 7.51. The normalized spacial score (nSPS) is 13.5. The van der Waals surface area contributed by atoms with E-state index in [2.05, 4.69) is 67.6 Å². The molecule has 1 atom stereocenters. The van der Waals surface area contributed by atoms with Crippen molar-refractivity contribution < 1.29 is 18.3 Å². The topological polar surface area (TPSA) is 48.0 Å². The fraction of sp³-hybridized carbons (Fsp3) is 0.188. The molecule has 0 fully saturated rings. The van der Waals surface area contributed by atoms with E-state index < -0.39 is 7.75 Å². The van der Waals surface area contributed by atoms with Crippen LogP contribution in [0.25, 0.3) is 11.1 Å². The maximum absolute atomic E-state index is 13.2. The minimum absolute atomic E-state index is 0.326. The molecular weight excluding hydrogens is 493 g/mol. The van der Waals surface area contributed by atoms with E-state index in [1.54, 1.807) is 23.9 Å². The number of hydrogen-bond donors (Lipinski definition) is 0. The van der Waals surface area contributed by atoms with Crippen molar-refractivity contribution in [1.29, 1.82) is 0 Å². The molecule has 38 heavy (non-hydrogen) atoms. The molecule has 4 aromatic rings. The molecule has 0 saturated heterocycles. The molecule has 6 heteroatoms. The monoisotopic (exact) mass is 527 g/mol. The Morgan fingerprint density at radius 3 is 1.79 bits per heavy atom. The van der Waals surface area contributed by atoms with Gasteiger partial charge in [-0.25, -0.2) is 4.57 Å². The standard InChI is InChI=1S/C32H34NO4P/c1-4-31(26-14-8-5-9-15-26)32(27-16-10-6-11-17-27)28-20-22-29(23-21-28)36-25-24-33(2)38(34,35-3)37-30-18-12-7-13-19-30/h5-23H,4,24-25H2,1-3H3/b32-31-. The predicted octanol–water partition coefficient (Wildman–Crippen LogP) is 8.20. The van der Waals surface area contributed by atoms with Crippen molar-refractivity contribution in [2.45, 2.75) is 13.3 Å². The number of nitrogens with zero attached hydrogens (tertiary/aromatic N) is 1. The number of benzene rings is 4. The number of allylic oxidation sites excluding steroid dienone is 1. The van der Waals surface area contributed by atoms with Gasteiger partial charge >= 0.3 is 7.75 Å². The van der Waals surface area contributed by atoms with E-state index in [0.717, 1.165) is 17.7 Å². The van der Waals surface area contributed by atoms with Gasteiger partial charge in [0.2, 0.25) is 0 Å². The molecule has 0 aliphatic rings. The average Bonchev–Trinajstić information content (AvgIpc) is 2.97. The van der Waals surface area contributed by atoms with Gasteiger partial charge in [-0.2, -0.15) is 4.67 Å². The fourth-order valence-electron chi connectivity index (χ4n) is 4.28. The first kappa shape index (κ1) is 27.4. The smallest absolute Gasteiger partial charge is 0.460 e. The van der Waals surface area contributed by atoms with Crippen LogP contribution >= 0.6 is 7.75 Å². The van der Waals surface area contributed by atoms with E-state index in [-0.39, 0.29) is 0 Å². The molecule has 4 aromatic carbocycles. The molecule has 5 nitrogen and oxygen atoms in total. The summed E-state index contributed by atoms with van der Waals surface area (Å²) in [7, 11) is -0.399. The third-order valence-corrected chi connectivity index (χ3v) is 8.22. The van der Waals surface area contributed by atoms with Crippen LogP contribution in [0.5, 0.6) is 11.5 Å². The van der Waals surface area contributed by atoms with E-state index in [1.807, 2.05) is 42.5 Å². The van der Waals surface area contributed by atoms with Gasteiger partial charge in [0, 0.05) is 13.7 Å². The number of hydrogen-bond acceptors (Lipinski definition) is 4. The molecule has 1 unspecified atom stereocenters. The second-order valence-corrected chi connectivity index (χ2v) is 10.9. The predicted molar refractivity (Wildman–Crippen MR) is 155 cm³/mol. The van der Waals surface area contributed by atoms with E-state index >= 15 is 0 Å². The molecule has 0 radical (unpaired) electrons. The molecule has 0 aliphatic heterocycles. The van der Waals surface area contributed by atoms with E-state index in [4.69, 9.17) is 13.8 Å². The molecule has 0 N–H and O–H groups in total. The van der Waals surface area contributed by atoms with Crippen LogP contribution < -0.4 is 9.26 Å². The van der Waals surface area contributed by atoms with Crippen molar-refractivity contribution in [1.82, 2.24) is 4.67 Å². The molecular formula is C32H34NO4P. The van der Waals surface area contributed by atoms with Gasteiger partial charge in [-0.05, 0) is 65.6 Å². The van der Waals surface area contributed by atoms with Crippen molar-refractivity contribution >= 4 is 18.9 Å². The molecule has 0 amide bonds. The quantitative estimate of drug-likeness (QED) is 0.137. The van der Waals surface area contributed by atoms with Crippen LogP contribution in [0.4, 0.5) is 0 Å². The second-order valence-electron chi connectivity index (χ2n) is 8.75. The Hall–Kier alpha value is -3.63. The van der Waals surface area contributed by atoms with Crippen LogP contribution in [0.2, 0.25) is 0 Å². The first-order valence-electron chi connectivity index (χ1n) is 12.7. The number of likely N-dealkylation sites (N-methyl/N-ethyl adjacent to an activating group) is 1. The first-order valence-corrected chi connectivity index (χ1v) is 14.2. The Balaban J connectivity index is 1.48. The number of rotatable bonds is 12. The molecule has 0 aromatic heterocycles. The molecule has 0 heterocycles. The van der Waals surface area contributed by atoms with Crippen LogP contribution in [-0.4, -0.2) is 32.0 Å². The first-order chi connectivity index (χ1) is 18.5. The molecule has 4 rings (SSSR count). The molecule has 0 spiro atoms. The minimum Gasteiger partial charge on any atom is -0.492 e. The molecule has 0 bridgehead atoms. The summed E-state index contributed by atoms with van der Waals surface area (Å²) in [5, 5.41) is 0. The Kier molecular flexibility index (Phi) is 9.56. The minimum atomic E-state index is -3.49. The zero-order chi connectivity index (χ0) is 26.8. The highest BCUT2D eigenvalue weighted by Crippen LogP contribution is 2.49. The van der Waals surface area contributed by atoms with Crippen molar-refractivity contribution in [3.8, 4) is 11.5 Å². The van der Waals surface area contributed by atoms with Crippen molar-refractivity contribution in [2.24, 2.45) is 0 Å². The lowest BCUT2D eigenvalue weighted by Gasteiger charge is -2.25. The highest BCUT2D eigenvalue weighted by atomic mass is 31.2. The summed E-state index contributed by atoms with van der Waals surface area (Å²) in [4.78, 5) is 0. The number of ether oxygens (including phenoxy) is 1. The van der Waals surface area contributed by atoms with Crippen molar-refractivity contribution in [3.63, 3.8) is 0 Å². The van der Waals surface area contributed by atoms with Crippen LogP contribution in [0.1, 0.15) is 30.0 Å². The third-order valence-electron chi connectivity index (χ3n) is 6.28. The lowest BCUT2D eigenvalue weighted by Crippen LogP contribution is -2.24. The summed E-state index contributed by atoms with van der Waals surface area (Å²) in [6, 6.07) is 38.2. The summed E-state index contributed by atoms with van der Waals surface area (Å²) >= 11 is 0. The van der Waals surface area contributed by atoms with Crippen LogP contribution in [-0.2, 0) is 9.09 Å². The van der Waals surface area contributed by atoms with Gasteiger partial charge in [-0.1, -0.05) is 97.9 Å². The lowest BCUT2D eigenvalue weighted by molar-refractivity contribution is 0.229. The molecule has 0 saturated carbocycles. The Bertz CT molecular complexity index is 1360. The van der Waals surface area contributed by atoms with E-state index in [1.165, 1.54) is 29.4 Å². The van der Waals surface area contributed by atoms with Gasteiger partial charge in [0.15, 0.2) is 0 Å². The SMILES string of the molecule is CC/C(=C(\c1ccccc1)c1ccc(OCCN(C)P(=O)(OC)Oc2ccccc2)cc1)c1ccccc1. The van der Waals surface area contributed by atoms with Crippen molar-refractivity contribution in [3.05, 3.63) is 132 Å². The van der Waals surface area contributed by atoms with Crippen LogP contribution in [0.3, 0.4) is 0 Å². The van der Waals surface area contributed by atoms with Gasteiger partial charge in [-0.3, -0.25) is 4.52 Å². The van der Waals surface area contributed by atoms with Gasteiger partial charge in [0.05, 0.1) is 0 Å². The van der Waals surface area contributed by atoms with Crippen molar-refractivity contribution in [2.75, 3.05) is 27.3 Å². The Morgan fingerprint density at radius 2 is 1.24 bits per heavy atom. The maximum Gasteiger partial charge on any atom is 0.460 e. The summed E-state index contributed by atoms with van der Waals surface area (Å²) in [5.74, 6) is 1.23. The zero-order valence-corrected chi connectivity index (χ0v) is 23.0. The average molecular weight is 528 g/mol. The largest absolute Gasteiger partial charge is 0.492 e. The van der Waals surface area contributed by atoms with Gasteiger partial charge in [0.25, 0.3) is 0 Å². The van der Waals surface area contributed by atoms with Crippen LogP contribution in [0.15, 0.2) is 115 Å². The Morgan fingerprint density at radius 1 is 0.711 bits per heavy atom. The third kappa shape index (κ3) is 6.81. The Labute approximate surface area is 225 Å². The number of para-hydroxylation sites is 1. The maximum atomic E-state index is 13.2. The fourth-order valence-corrected chi connectivity index (χ4v) is 5.49. The zero-order valence-electron chi connectivity index (χ0n) is 22.1. The van der Waals surface area contributed by atoms with Gasteiger partial charge in [-0.15, -0.1) is 0 Å².